The van der Waals surface area contributed by atoms with Crippen LogP contribution in [-0.2, 0) is 14.3 Å². The number of likely N-dealkylation sites (tertiary alicyclic amines) is 1. The number of aliphatic carboxylic acids is 1. The summed E-state index contributed by atoms with van der Waals surface area (Å²) in [5.74, 6) is -0.953. The highest BCUT2D eigenvalue weighted by Crippen LogP contribution is 2.29. The van der Waals surface area contributed by atoms with Crippen LogP contribution in [0.4, 0.5) is 0 Å². The maximum atomic E-state index is 11.8. The fourth-order valence-electron chi connectivity index (χ4n) is 1.96. The average molecular weight is 243 g/mol. The molecule has 0 aromatic carbocycles. The SMILES string of the molecule is CC(C)OCC(=O)N1CCCC(C)(C(=O)O)C1. The summed E-state index contributed by atoms with van der Waals surface area (Å²) in [5.41, 5.74) is -0.814. The Bertz CT molecular complexity index is 303. The van der Waals surface area contributed by atoms with Gasteiger partial charge in [0.15, 0.2) is 0 Å². The van der Waals surface area contributed by atoms with Gasteiger partial charge in [0.1, 0.15) is 6.61 Å². The molecule has 1 aliphatic rings. The smallest absolute Gasteiger partial charge is 0.311 e. The zero-order chi connectivity index (χ0) is 13.1. The molecule has 1 aliphatic heterocycles. The van der Waals surface area contributed by atoms with E-state index in [0.717, 1.165) is 6.42 Å². The van der Waals surface area contributed by atoms with Crippen molar-refractivity contribution in [1.29, 1.82) is 0 Å². The van der Waals surface area contributed by atoms with Crippen molar-refractivity contribution in [3.05, 3.63) is 0 Å². The van der Waals surface area contributed by atoms with Crippen molar-refractivity contribution in [3.63, 3.8) is 0 Å². The van der Waals surface area contributed by atoms with Gasteiger partial charge in [0, 0.05) is 13.1 Å². The highest BCUT2D eigenvalue weighted by atomic mass is 16.5. The Balaban J connectivity index is 2.54. The van der Waals surface area contributed by atoms with Gasteiger partial charge in [-0.3, -0.25) is 9.59 Å². The highest BCUT2D eigenvalue weighted by Gasteiger charge is 2.39. The Labute approximate surface area is 102 Å². The Hall–Kier alpha value is -1.10. The Morgan fingerprint density at radius 2 is 2.12 bits per heavy atom. The number of carboxylic acids is 1. The second-order valence-electron chi connectivity index (χ2n) is 5.14. The zero-order valence-electron chi connectivity index (χ0n) is 10.7. The lowest BCUT2D eigenvalue weighted by Crippen LogP contribution is -2.49. The van der Waals surface area contributed by atoms with Gasteiger partial charge in [0.2, 0.25) is 5.91 Å². The minimum Gasteiger partial charge on any atom is -0.481 e. The van der Waals surface area contributed by atoms with Gasteiger partial charge in [-0.1, -0.05) is 0 Å². The Morgan fingerprint density at radius 3 is 2.65 bits per heavy atom. The summed E-state index contributed by atoms with van der Waals surface area (Å²) in [6.45, 7) is 6.37. The molecule has 1 rings (SSSR count). The van der Waals surface area contributed by atoms with Gasteiger partial charge in [0.25, 0.3) is 0 Å². The molecular weight excluding hydrogens is 222 g/mol. The molecule has 1 saturated heterocycles. The maximum absolute atomic E-state index is 11.8. The molecule has 1 fully saturated rings. The number of hydrogen-bond donors (Lipinski definition) is 1. The van der Waals surface area contributed by atoms with Crippen molar-refractivity contribution in [2.45, 2.75) is 39.7 Å². The van der Waals surface area contributed by atoms with Crippen LogP contribution in [0.2, 0.25) is 0 Å². The van der Waals surface area contributed by atoms with Crippen LogP contribution in [0.1, 0.15) is 33.6 Å². The number of hydrogen-bond acceptors (Lipinski definition) is 3. The van der Waals surface area contributed by atoms with Gasteiger partial charge >= 0.3 is 5.97 Å². The molecular formula is C12H21NO4. The molecule has 5 nitrogen and oxygen atoms in total. The predicted molar refractivity (Wildman–Crippen MR) is 62.6 cm³/mol. The topological polar surface area (TPSA) is 66.8 Å². The highest BCUT2D eigenvalue weighted by molar-refractivity contribution is 5.80. The number of rotatable bonds is 4. The number of amides is 1. The molecule has 0 spiro atoms. The van der Waals surface area contributed by atoms with E-state index in [2.05, 4.69) is 0 Å². The molecule has 98 valence electrons. The number of ether oxygens (including phenoxy) is 1. The van der Waals surface area contributed by atoms with Crippen LogP contribution in [-0.4, -0.2) is 47.7 Å². The van der Waals surface area contributed by atoms with Crippen LogP contribution in [0.5, 0.6) is 0 Å². The fourth-order valence-corrected chi connectivity index (χ4v) is 1.96. The van der Waals surface area contributed by atoms with E-state index in [0.29, 0.717) is 13.0 Å². The van der Waals surface area contributed by atoms with Gasteiger partial charge in [-0.15, -0.1) is 0 Å². The second kappa shape index (κ2) is 5.49. The van der Waals surface area contributed by atoms with Crippen molar-refractivity contribution in [2.75, 3.05) is 19.7 Å². The summed E-state index contributed by atoms with van der Waals surface area (Å²) in [7, 11) is 0. The molecule has 17 heavy (non-hydrogen) atoms. The first-order valence-electron chi connectivity index (χ1n) is 5.98. The summed E-state index contributed by atoms with van der Waals surface area (Å²) in [6.07, 6.45) is 1.36. The third-order valence-electron chi connectivity index (χ3n) is 3.11. The number of piperidine rings is 1. The number of nitrogens with zero attached hydrogens (tertiary/aromatic N) is 1. The summed E-state index contributed by atoms with van der Waals surface area (Å²) in [4.78, 5) is 24.6. The zero-order valence-corrected chi connectivity index (χ0v) is 10.7. The quantitative estimate of drug-likeness (QED) is 0.803. The molecule has 0 aliphatic carbocycles. The van der Waals surface area contributed by atoms with Gasteiger partial charge in [-0.2, -0.15) is 0 Å². The summed E-state index contributed by atoms with van der Waals surface area (Å²) in [5, 5.41) is 9.15. The normalized spacial score (nSPS) is 25.1. The van der Waals surface area contributed by atoms with E-state index < -0.39 is 11.4 Å². The minimum absolute atomic E-state index is 0.00889. The Kier molecular flexibility index (Phi) is 4.51. The molecule has 1 heterocycles. The number of carbonyl (C=O) groups excluding carboxylic acids is 1. The number of carboxylic acid groups (broad SMARTS) is 1. The van der Waals surface area contributed by atoms with Gasteiger partial charge in [-0.25, -0.2) is 0 Å². The van der Waals surface area contributed by atoms with E-state index in [1.165, 1.54) is 0 Å². The lowest BCUT2D eigenvalue weighted by molar-refractivity contribution is -0.154. The molecule has 0 aromatic rings. The molecule has 1 atom stereocenters. The molecule has 1 N–H and O–H groups in total. The van der Waals surface area contributed by atoms with Crippen LogP contribution < -0.4 is 0 Å². The van der Waals surface area contributed by atoms with Crippen LogP contribution >= 0.6 is 0 Å². The Morgan fingerprint density at radius 1 is 1.47 bits per heavy atom. The number of carbonyl (C=O) groups is 2. The first-order valence-corrected chi connectivity index (χ1v) is 5.98. The van der Waals surface area contributed by atoms with E-state index in [1.54, 1.807) is 11.8 Å². The molecule has 0 saturated carbocycles. The largest absolute Gasteiger partial charge is 0.481 e. The molecule has 1 amide bonds. The first kappa shape index (κ1) is 14.0. The summed E-state index contributed by atoms with van der Waals surface area (Å²) < 4.78 is 5.25. The molecule has 0 aromatic heterocycles. The third kappa shape index (κ3) is 3.70. The van der Waals surface area contributed by atoms with Crippen LogP contribution in [0.3, 0.4) is 0 Å². The van der Waals surface area contributed by atoms with Crippen molar-refractivity contribution >= 4 is 11.9 Å². The van der Waals surface area contributed by atoms with Crippen molar-refractivity contribution in [2.24, 2.45) is 5.41 Å². The van der Waals surface area contributed by atoms with Crippen LogP contribution in [0.15, 0.2) is 0 Å². The van der Waals surface area contributed by atoms with Gasteiger partial charge in [0.05, 0.1) is 11.5 Å². The first-order chi connectivity index (χ1) is 7.85. The molecule has 1 unspecified atom stereocenters. The molecule has 0 radical (unpaired) electrons. The summed E-state index contributed by atoms with van der Waals surface area (Å²) >= 11 is 0. The lowest BCUT2D eigenvalue weighted by Gasteiger charge is -2.37. The van der Waals surface area contributed by atoms with Gasteiger partial charge < -0.3 is 14.7 Å². The van der Waals surface area contributed by atoms with Crippen LogP contribution in [0.25, 0.3) is 0 Å². The fraction of sp³-hybridized carbons (Fsp3) is 0.833. The maximum Gasteiger partial charge on any atom is 0.311 e. The van der Waals surface area contributed by atoms with Crippen molar-refractivity contribution in [1.82, 2.24) is 4.90 Å². The second-order valence-corrected chi connectivity index (χ2v) is 5.14. The van der Waals surface area contributed by atoms with E-state index in [-0.39, 0.29) is 25.2 Å². The molecule has 5 heteroatoms. The average Bonchev–Trinajstić information content (AvgIpc) is 2.25. The van der Waals surface area contributed by atoms with E-state index in [4.69, 9.17) is 9.84 Å². The van der Waals surface area contributed by atoms with Crippen LogP contribution in [0, 0.1) is 5.41 Å². The van der Waals surface area contributed by atoms with E-state index in [9.17, 15) is 9.59 Å². The van der Waals surface area contributed by atoms with Crippen molar-refractivity contribution in [3.8, 4) is 0 Å². The standard InChI is InChI=1S/C12H21NO4/c1-9(2)17-7-10(14)13-6-4-5-12(3,8-13)11(15)16/h9H,4-8H2,1-3H3,(H,15,16). The van der Waals surface area contributed by atoms with E-state index in [1.807, 2.05) is 13.8 Å². The summed E-state index contributed by atoms with van der Waals surface area (Å²) in [6, 6.07) is 0. The van der Waals surface area contributed by atoms with Gasteiger partial charge in [-0.05, 0) is 33.6 Å². The van der Waals surface area contributed by atoms with E-state index >= 15 is 0 Å². The van der Waals surface area contributed by atoms with Crippen molar-refractivity contribution < 1.29 is 19.4 Å². The molecule has 0 bridgehead atoms. The third-order valence-corrected chi connectivity index (χ3v) is 3.11. The monoisotopic (exact) mass is 243 g/mol. The minimum atomic E-state index is -0.834. The predicted octanol–water partition coefficient (Wildman–Crippen LogP) is 1.12. The lowest BCUT2D eigenvalue weighted by atomic mass is 9.82.